The number of hydrogen-bond donors (Lipinski definition) is 3. The number of benzene rings is 1. The fourth-order valence-corrected chi connectivity index (χ4v) is 1.76. The fraction of sp³-hybridized carbons (Fsp3) is 0.500. The molecule has 0 radical (unpaired) electrons. The molecule has 0 spiro atoms. The highest BCUT2D eigenvalue weighted by Gasteiger charge is 2.11. The molecule has 0 atom stereocenters. The van der Waals surface area contributed by atoms with Gasteiger partial charge in [0.15, 0.2) is 5.96 Å². The molecule has 0 aliphatic rings. The Bertz CT molecular complexity index is 527. The molecule has 1 aromatic carbocycles. The summed E-state index contributed by atoms with van der Waals surface area (Å²) >= 11 is 0. The van der Waals surface area contributed by atoms with E-state index >= 15 is 0 Å². The molecule has 7 heteroatoms. The van der Waals surface area contributed by atoms with Gasteiger partial charge in [0.2, 0.25) is 0 Å². The lowest BCUT2D eigenvalue weighted by Gasteiger charge is -2.23. The molecule has 0 aliphatic heterocycles. The maximum atomic E-state index is 12.0. The maximum Gasteiger partial charge on any atom is 0.251 e. The van der Waals surface area contributed by atoms with E-state index < -0.39 is 0 Å². The van der Waals surface area contributed by atoms with Crippen molar-refractivity contribution in [1.82, 2.24) is 16.0 Å². The second-order valence-electron chi connectivity index (χ2n) is 5.86. The molecule has 0 bridgehead atoms. The van der Waals surface area contributed by atoms with Crippen molar-refractivity contribution in [3.8, 4) is 5.75 Å². The first kappa shape index (κ1) is 21.5. The van der Waals surface area contributed by atoms with Crippen molar-refractivity contribution in [2.75, 3.05) is 27.2 Å². The lowest BCUT2D eigenvalue weighted by Crippen LogP contribution is -2.49. The predicted molar refractivity (Wildman–Crippen MR) is 105 cm³/mol. The number of amides is 1. The van der Waals surface area contributed by atoms with Crippen LogP contribution in [0.3, 0.4) is 0 Å². The Balaban J connectivity index is 0.00000484. The minimum Gasteiger partial charge on any atom is -0.497 e. The van der Waals surface area contributed by atoms with E-state index in [-0.39, 0.29) is 35.4 Å². The average molecular weight is 434 g/mol. The Morgan fingerprint density at radius 3 is 2.43 bits per heavy atom. The first-order valence-electron chi connectivity index (χ1n) is 7.27. The van der Waals surface area contributed by atoms with Gasteiger partial charge in [0, 0.05) is 31.2 Å². The van der Waals surface area contributed by atoms with Crippen LogP contribution in [0, 0.1) is 0 Å². The number of halogens is 1. The van der Waals surface area contributed by atoms with Crippen molar-refractivity contribution < 1.29 is 9.53 Å². The van der Waals surface area contributed by atoms with E-state index in [1.54, 1.807) is 38.4 Å². The van der Waals surface area contributed by atoms with Crippen LogP contribution in [0.15, 0.2) is 29.3 Å². The minimum atomic E-state index is -0.125. The Labute approximate surface area is 155 Å². The van der Waals surface area contributed by atoms with E-state index in [4.69, 9.17) is 4.74 Å². The van der Waals surface area contributed by atoms with Crippen molar-refractivity contribution in [1.29, 1.82) is 0 Å². The third-order valence-electron chi connectivity index (χ3n) is 2.75. The molecule has 3 N–H and O–H groups in total. The zero-order valence-electron chi connectivity index (χ0n) is 14.4. The van der Waals surface area contributed by atoms with E-state index in [2.05, 4.69) is 41.7 Å². The standard InChI is InChI=1S/C16H26N4O2.HI/c1-16(2,3)20-15(17-4)19-10-9-18-14(21)12-7-6-8-13(11-12)22-5;/h6-8,11H,9-10H2,1-5H3,(H,18,21)(H2,17,19,20);1H. The second kappa shape index (κ2) is 10.3. The van der Waals surface area contributed by atoms with Crippen LogP contribution < -0.4 is 20.7 Å². The van der Waals surface area contributed by atoms with Gasteiger partial charge in [0.25, 0.3) is 5.91 Å². The molecule has 130 valence electrons. The van der Waals surface area contributed by atoms with E-state index in [1.807, 2.05) is 0 Å². The zero-order chi connectivity index (χ0) is 16.6. The molecule has 0 saturated heterocycles. The predicted octanol–water partition coefficient (Wildman–Crippen LogP) is 2.01. The zero-order valence-corrected chi connectivity index (χ0v) is 16.7. The molecule has 23 heavy (non-hydrogen) atoms. The molecule has 6 nitrogen and oxygen atoms in total. The third kappa shape index (κ3) is 8.63. The Kier molecular flexibility index (Phi) is 9.62. The van der Waals surface area contributed by atoms with Crippen molar-refractivity contribution in [2.24, 2.45) is 4.99 Å². The van der Waals surface area contributed by atoms with Crippen LogP contribution in [-0.2, 0) is 0 Å². The van der Waals surface area contributed by atoms with E-state index in [1.165, 1.54) is 0 Å². The van der Waals surface area contributed by atoms with Crippen molar-refractivity contribution in [3.05, 3.63) is 29.8 Å². The van der Waals surface area contributed by atoms with Gasteiger partial charge in [0.1, 0.15) is 5.75 Å². The van der Waals surface area contributed by atoms with Gasteiger partial charge in [0.05, 0.1) is 7.11 Å². The van der Waals surface area contributed by atoms with E-state index in [0.717, 1.165) is 0 Å². The van der Waals surface area contributed by atoms with Crippen LogP contribution in [-0.4, -0.2) is 44.7 Å². The molecule has 0 heterocycles. The van der Waals surface area contributed by atoms with Crippen LogP contribution >= 0.6 is 24.0 Å². The average Bonchev–Trinajstić information content (AvgIpc) is 2.48. The Morgan fingerprint density at radius 2 is 1.87 bits per heavy atom. The molecule has 0 unspecified atom stereocenters. The second-order valence-corrected chi connectivity index (χ2v) is 5.86. The van der Waals surface area contributed by atoms with Gasteiger partial charge in [-0.05, 0) is 39.0 Å². The molecular formula is C16H27IN4O2. The number of aliphatic imine (C=N–C) groups is 1. The summed E-state index contributed by atoms with van der Waals surface area (Å²) in [6.07, 6.45) is 0. The Morgan fingerprint density at radius 1 is 1.22 bits per heavy atom. The summed E-state index contributed by atoms with van der Waals surface area (Å²) in [4.78, 5) is 16.2. The number of carbonyl (C=O) groups is 1. The Hall–Kier alpha value is -1.51. The van der Waals surface area contributed by atoms with Crippen molar-refractivity contribution >= 4 is 35.8 Å². The number of nitrogens with zero attached hydrogens (tertiary/aromatic N) is 1. The van der Waals surface area contributed by atoms with Crippen LogP contribution in [0.1, 0.15) is 31.1 Å². The highest BCUT2D eigenvalue weighted by molar-refractivity contribution is 14.0. The van der Waals surface area contributed by atoms with Gasteiger partial charge in [-0.2, -0.15) is 0 Å². The van der Waals surface area contributed by atoms with Gasteiger partial charge >= 0.3 is 0 Å². The van der Waals surface area contributed by atoms with E-state index in [9.17, 15) is 4.79 Å². The molecule has 0 fully saturated rings. The molecule has 0 saturated carbocycles. The monoisotopic (exact) mass is 434 g/mol. The molecule has 1 rings (SSSR count). The highest BCUT2D eigenvalue weighted by atomic mass is 127. The lowest BCUT2D eigenvalue weighted by molar-refractivity contribution is 0.0954. The maximum absolute atomic E-state index is 12.0. The SMILES string of the molecule is CN=C(NCCNC(=O)c1cccc(OC)c1)NC(C)(C)C.I. The van der Waals surface area contributed by atoms with Crippen LogP contribution in [0.4, 0.5) is 0 Å². The largest absolute Gasteiger partial charge is 0.497 e. The third-order valence-corrected chi connectivity index (χ3v) is 2.75. The summed E-state index contributed by atoms with van der Waals surface area (Å²) < 4.78 is 5.11. The topological polar surface area (TPSA) is 74.8 Å². The van der Waals surface area contributed by atoms with Gasteiger partial charge in [-0.25, -0.2) is 0 Å². The number of methoxy groups -OCH3 is 1. The first-order valence-corrected chi connectivity index (χ1v) is 7.27. The molecule has 1 amide bonds. The number of nitrogens with one attached hydrogen (secondary N) is 3. The number of ether oxygens (including phenoxy) is 1. The molecule has 0 aromatic heterocycles. The van der Waals surface area contributed by atoms with Gasteiger partial charge in [-0.3, -0.25) is 9.79 Å². The number of rotatable bonds is 5. The lowest BCUT2D eigenvalue weighted by atomic mass is 10.1. The summed E-state index contributed by atoms with van der Waals surface area (Å²) in [6, 6.07) is 7.07. The summed E-state index contributed by atoms with van der Waals surface area (Å²) in [5, 5.41) is 9.26. The van der Waals surface area contributed by atoms with Crippen molar-refractivity contribution in [3.63, 3.8) is 0 Å². The summed E-state index contributed by atoms with van der Waals surface area (Å²) in [5.41, 5.74) is 0.516. The molecular weight excluding hydrogens is 407 g/mol. The van der Waals surface area contributed by atoms with Gasteiger partial charge < -0.3 is 20.7 Å². The summed E-state index contributed by atoms with van der Waals surface area (Å²) in [6.45, 7) is 7.27. The van der Waals surface area contributed by atoms with Gasteiger partial charge in [-0.1, -0.05) is 6.07 Å². The highest BCUT2D eigenvalue weighted by Crippen LogP contribution is 2.12. The fourth-order valence-electron chi connectivity index (χ4n) is 1.76. The van der Waals surface area contributed by atoms with Crippen molar-refractivity contribution in [2.45, 2.75) is 26.3 Å². The normalized spacial score (nSPS) is 11.3. The first-order chi connectivity index (χ1) is 10.4. The quantitative estimate of drug-likeness (QED) is 0.287. The van der Waals surface area contributed by atoms with Crippen LogP contribution in [0.25, 0.3) is 0 Å². The minimum absolute atomic E-state index is 0. The molecule has 1 aromatic rings. The molecule has 0 aliphatic carbocycles. The van der Waals surface area contributed by atoms with Crippen LogP contribution in [0.2, 0.25) is 0 Å². The number of hydrogen-bond acceptors (Lipinski definition) is 3. The van der Waals surface area contributed by atoms with Crippen LogP contribution in [0.5, 0.6) is 5.75 Å². The van der Waals surface area contributed by atoms with Gasteiger partial charge in [-0.15, -0.1) is 24.0 Å². The summed E-state index contributed by atoms with van der Waals surface area (Å²) in [5.74, 6) is 1.25. The van der Waals surface area contributed by atoms with E-state index in [0.29, 0.717) is 30.4 Å². The number of carbonyl (C=O) groups excluding carboxylic acids is 1. The smallest absolute Gasteiger partial charge is 0.251 e. The summed E-state index contributed by atoms with van der Waals surface area (Å²) in [7, 11) is 3.30. The number of guanidine groups is 1.